The van der Waals surface area contributed by atoms with Gasteiger partial charge in [-0.1, -0.05) is 23.7 Å². The molecule has 0 radical (unpaired) electrons. The maximum absolute atomic E-state index is 12.4. The number of hydrogen-bond acceptors (Lipinski definition) is 4. The standard InChI is InChI=1S/C20H18ClN3O4/c1-11-3-4-13-9-14(19(25)23-18(13)12(11)2)7-8-22-20(26)16-10-15(24(27)28)5-6-17(16)21/h3-6,9-10H,7-8H2,1-2H3,(H,22,26)(H,23,25). The minimum absolute atomic E-state index is 0.0226. The van der Waals surface area contributed by atoms with Crippen molar-refractivity contribution in [2.45, 2.75) is 20.3 Å². The highest BCUT2D eigenvalue weighted by atomic mass is 35.5. The normalized spacial score (nSPS) is 10.8. The number of aromatic amines is 1. The quantitative estimate of drug-likeness (QED) is 0.504. The number of halogens is 1. The van der Waals surface area contributed by atoms with Crippen molar-refractivity contribution in [2.75, 3.05) is 6.54 Å². The first-order valence-electron chi connectivity index (χ1n) is 8.62. The van der Waals surface area contributed by atoms with Gasteiger partial charge in [-0.15, -0.1) is 0 Å². The average Bonchev–Trinajstić information content (AvgIpc) is 2.66. The zero-order chi connectivity index (χ0) is 20.4. The third-order valence-corrected chi connectivity index (χ3v) is 5.04. The molecule has 0 spiro atoms. The van der Waals surface area contributed by atoms with Gasteiger partial charge >= 0.3 is 0 Å². The summed E-state index contributed by atoms with van der Waals surface area (Å²) in [5.74, 6) is -0.530. The van der Waals surface area contributed by atoms with Crippen LogP contribution in [-0.4, -0.2) is 22.4 Å². The number of nitro groups is 1. The van der Waals surface area contributed by atoms with E-state index in [1.54, 1.807) is 0 Å². The van der Waals surface area contributed by atoms with E-state index in [1.807, 2.05) is 32.0 Å². The number of hydrogen-bond donors (Lipinski definition) is 2. The van der Waals surface area contributed by atoms with E-state index < -0.39 is 10.8 Å². The summed E-state index contributed by atoms with van der Waals surface area (Å²) in [6.45, 7) is 4.13. The van der Waals surface area contributed by atoms with Crippen molar-refractivity contribution in [1.29, 1.82) is 0 Å². The number of benzene rings is 2. The van der Waals surface area contributed by atoms with Crippen LogP contribution in [0.15, 0.2) is 41.2 Å². The number of nitrogens with zero attached hydrogens (tertiary/aromatic N) is 1. The summed E-state index contributed by atoms with van der Waals surface area (Å²) >= 11 is 5.97. The molecule has 0 aliphatic carbocycles. The van der Waals surface area contributed by atoms with Crippen molar-refractivity contribution in [3.8, 4) is 0 Å². The second-order valence-electron chi connectivity index (χ2n) is 6.52. The molecule has 0 unspecified atom stereocenters. The second kappa shape index (κ2) is 7.82. The molecule has 8 heteroatoms. The molecule has 3 rings (SSSR count). The SMILES string of the molecule is Cc1ccc2cc(CCNC(=O)c3cc([N+](=O)[O-])ccc3Cl)c(=O)[nH]c2c1C. The zero-order valence-electron chi connectivity index (χ0n) is 15.3. The molecule has 0 aliphatic rings. The van der Waals surface area contributed by atoms with Crippen molar-refractivity contribution in [3.63, 3.8) is 0 Å². The fraction of sp³-hybridized carbons (Fsp3) is 0.200. The summed E-state index contributed by atoms with van der Waals surface area (Å²) < 4.78 is 0. The van der Waals surface area contributed by atoms with Gasteiger partial charge in [-0.05, 0) is 48.9 Å². The molecule has 0 atom stereocenters. The van der Waals surface area contributed by atoms with Gasteiger partial charge in [0.1, 0.15) is 0 Å². The highest BCUT2D eigenvalue weighted by Gasteiger charge is 2.16. The molecule has 1 aromatic heterocycles. The molecule has 0 fully saturated rings. The smallest absolute Gasteiger partial charge is 0.270 e. The van der Waals surface area contributed by atoms with E-state index in [1.165, 1.54) is 12.1 Å². The molecular formula is C20H18ClN3O4. The molecule has 0 bridgehead atoms. The number of fused-ring (bicyclic) bond motifs is 1. The van der Waals surface area contributed by atoms with Crippen LogP contribution in [0.25, 0.3) is 10.9 Å². The Morgan fingerprint density at radius 3 is 2.68 bits per heavy atom. The molecule has 2 N–H and O–H groups in total. The van der Waals surface area contributed by atoms with E-state index in [0.717, 1.165) is 28.1 Å². The maximum atomic E-state index is 12.4. The Hall–Kier alpha value is -3.19. The lowest BCUT2D eigenvalue weighted by atomic mass is 10.0. The van der Waals surface area contributed by atoms with Crippen LogP contribution in [0.3, 0.4) is 0 Å². The molecule has 1 heterocycles. The zero-order valence-corrected chi connectivity index (χ0v) is 16.1. The van der Waals surface area contributed by atoms with E-state index >= 15 is 0 Å². The van der Waals surface area contributed by atoms with Gasteiger partial charge in [0, 0.05) is 24.2 Å². The number of aryl methyl sites for hydroxylation is 2. The Morgan fingerprint density at radius 2 is 1.96 bits per heavy atom. The van der Waals surface area contributed by atoms with E-state index in [9.17, 15) is 19.7 Å². The molecule has 0 saturated carbocycles. The number of aromatic nitrogens is 1. The fourth-order valence-corrected chi connectivity index (χ4v) is 3.17. The highest BCUT2D eigenvalue weighted by Crippen LogP contribution is 2.22. The van der Waals surface area contributed by atoms with Crippen molar-refractivity contribution in [3.05, 3.63) is 84.1 Å². The molecule has 3 aromatic rings. The van der Waals surface area contributed by atoms with Crippen molar-refractivity contribution in [1.82, 2.24) is 10.3 Å². The van der Waals surface area contributed by atoms with Gasteiger partial charge in [0.2, 0.25) is 0 Å². The fourth-order valence-electron chi connectivity index (χ4n) is 2.96. The van der Waals surface area contributed by atoms with Gasteiger partial charge in [0.15, 0.2) is 0 Å². The number of rotatable bonds is 5. The minimum Gasteiger partial charge on any atom is -0.352 e. The Balaban J connectivity index is 1.75. The number of pyridine rings is 1. The number of nitrogens with one attached hydrogen (secondary N) is 2. The molecule has 28 heavy (non-hydrogen) atoms. The highest BCUT2D eigenvalue weighted by molar-refractivity contribution is 6.33. The second-order valence-corrected chi connectivity index (χ2v) is 6.93. The van der Waals surface area contributed by atoms with Gasteiger partial charge in [0.25, 0.3) is 17.2 Å². The number of carbonyl (C=O) groups is 1. The molecule has 0 saturated heterocycles. The minimum atomic E-state index is -0.592. The molecule has 144 valence electrons. The van der Waals surface area contributed by atoms with Crippen LogP contribution >= 0.6 is 11.6 Å². The van der Waals surface area contributed by atoms with Gasteiger partial charge in [0.05, 0.1) is 21.0 Å². The van der Waals surface area contributed by atoms with Crippen LogP contribution in [0, 0.1) is 24.0 Å². The van der Waals surface area contributed by atoms with Gasteiger partial charge in [-0.2, -0.15) is 0 Å². The lowest BCUT2D eigenvalue weighted by Crippen LogP contribution is -2.27. The third kappa shape index (κ3) is 3.89. The van der Waals surface area contributed by atoms with Crippen LogP contribution in [0.1, 0.15) is 27.0 Å². The maximum Gasteiger partial charge on any atom is 0.270 e. The lowest BCUT2D eigenvalue weighted by Gasteiger charge is -2.09. The van der Waals surface area contributed by atoms with E-state index in [0.29, 0.717) is 12.0 Å². The van der Waals surface area contributed by atoms with Crippen LogP contribution in [0.2, 0.25) is 5.02 Å². The van der Waals surface area contributed by atoms with Crippen molar-refractivity contribution < 1.29 is 9.72 Å². The van der Waals surface area contributed by atoms with Crippen molar-refractivity contribution >= 4 is 34.1 Å². The molecule has 0 aliphatic heterocycles. The van der Waals surface area contributed by atoms with Crippen LogP contribution in [-0.2, 0) is 6.42 Å². The molecule has 1 amide bonds. The van der Waals surface area contributed by atoms with Gasteiger partial charge in [-0.3, -0.25) is 19.7 Å². The lowest BCUT2D eigenvalue weighted by molar-refractivity contribution is -0.384. The average molecular weight is 400 g/mol. The third-order valence-electron chi connectivity index (χ3n) is 4.71. The van der Waals surface area contributed by atoms with E-state index in [4.69, 9.17) is 11.6 Å². The molecule has 7 nitrogen and oxygen atoms in total. The summed E-state index contributed by atoms with van der Waals surface area (Å²) in [7, 11) is 0. The Bertz CT molecular complexity index is 1150. The summed E-state index contributed by atoms with van der Waals surface area (Å²) in [5, 5.41) is 14.6. The summed E-state index contributed by atoms with van der Waals surface area (Å²) in [6, 6.07) is 9.42. The predicted molar refractivity (Wildman–Crippen MR) is 108 cm³/mol. The van der Waals surface area contributed by atoms with Crippen LogP contribution in [0.5, 0.6) is 0 Å². The Labute approximate surface area is 165 Å². The molecular weight excluding hydrogens is 382 g/mol. The van der Waals surface area contributed by atoms with Crippen LogP contribution < -0.4 is 10.9 Å². The summed E-state index contributed by atoms with van der Waals surface area (Å²) in [6.07, 6.45) is 0.316. The largest absolute Gasteiger partial charge is 0.352 e. The molecule has 2 aromatic carbocycles. The number of carbonyl (C=O) groups excluding carboxylic acids is 1. The monoisotopic (exact) mass is 399 g/mol. The Morgan fingerprint density at radius 1 is 1.21 bits per heavy atom. The van der Waals surface area contributed by atoms with E-state index in [2.05, 4.69) is 10.3 Å². The number of amides is 1. The number of non-ortho nitro benzene ring substituents is 1. The van der Waals surface area contributed by atoms with Gasteiger partial charge in [-0.25, -0.2) is 0 Å². The Kier molecular flexibility index (Phi) is 5.46. The summed E-state index contributed by atoms with van der Waals surface area (Å²) in [5.41, 5.74) is 3.07. The van der Waals surface area contributed by atoms with Crippen molar-refractivity contribution in [2.24, 2.45) is 0 Å². The van der Waals surface area contributed by atoms with E-state index in [-0.39, 0.29) is 28.4 Å². The number of nitro benzene ring substituents is 1. The number of H-pyrrole nitrogens is 1. The first kappa shape index (κ1) is 19.6. The first-order valence-corrected chi connectivity index (χ1v) is 9.00. The predicted octanol–water partition coefficient (Wildman–Crippen LogP) is 3.68. The topological polar surface area (TPSA) is 105 Å². The first-order chi connectivity index (χ1) is 13.3. The summed E-state index contributed by atoms with van der Waals surface area (Å²) in [4.78, 5) is 37.8. The van der Waals surface area contributed by atoms with Crippen LogP contribution in [0.4, 0.5) is 5.69 Å². The van der Waals surface area contributed by atoms with Gasteiger partial charge < -0.3 is 10.3 Å².